The molecule has 4 aromatic rings. The predicted molar refractivity (Wildman–Crippen MR) is 128 cm³/mol. The molecule has 4 heterocycles. The van der Waals surface area contributed by atoms with Gasteiger partial charge in [0.05, 0.1) is 12.7 Å². The van der Waals surface area contributed by atoms with E-state index in [1.54, 1.807) is 30.4 Å². The molecule has 2 fully saturated rings. The first-order valence-electron chi connectivity index (χ1n) is 11.7. The Morgan fingerprint density at radius 1 is 1.03 bits per heavy atom. The predicted octanol–water partition coefficient (Wildman–Crippen LogP) is 3.17. The first-order valence-corrected chi connectivity index (χ1v) is 11.7. The monoisotopic (exact) mass is 471 g/mol. The minimum atomic E-state index is -0.0757. The molecule has 1 amide bonds. The van der Waals surface area contributed by atoms with Crippen LogP contribution in [-0.2, 0) is 0 Å². The lowest BCUT2D eigenvalue weighted by molar-refractivity contribution is 0.0741. The van der Waals surface area contributed by atoms with Crippen LogP contribution in [0.5, 0.6) is 5.75 Å². The maximum Gasteiger partial charge on any atom is 0.274 e. The molecule has 1 saturated carbocycles. The summed E-state index contributed by atoms with van der Waals surface area (Å²) in [6, 6.07) is 11.7. The molecule has 0 unspecified atom stereocenters. The van der Waals surface area contributed by atoms with Gasteiger partial charge in [-0.25, -0.2) is 9.97 Å². The molecule has 1 aromatic carbocycles. The van der Waals surface area contributed by atoms with Crippen LogP contribution >= 0.6 is 0 Å². The highest BCUT2D eigenvalue weighted by molar-refractivity contribution is 5.92. The fourth-order valence-electron chi connectivity index (χ4n) is 4.21. The number of pyridine rings is 1. The van der Waals surface area contributed by atoms with Gasteiger partial charge in [0.1, 0.15) is 23.6 Å². The minimum Gasteiger partial charge on any atom is -0.497 e. The number of hydrogen-bond acceptors (Lipinski definition) is 8. The molecule has 35 heavy (non-hydrogen) atoms. The lowest BCUT2D eigenvalue weighted by Crippen LogP contribution is -2.48. The van der Waals surface area contributed by atoms with Crippen LogP contribution in [0.1, 0.15) is 35.1 Å². The van der Waals surface area contributed by atoms with Crippen molar-refractivity contribution in [3.05, 3.63) is 66.6 Å². The van der Waals surface area contributed by atoms with Gasteiger partial charge in [-0.3, -0.25) is 9.36 Å². The zero-order valence-corrected chi connectivity index (χ0v) is 19.4. The Morgan fingerprint density at radius 3 is 2.51 bits per heavy atom. The molecule has 0 atom stereocenters. The molecule has 10 heteroatoms. The Kier molecular flexibility index (Phi) is 5.40. The van der Waals surface area contributed by atoms with Crippen molar-refractivity contribution in [2.24, 2.45) is 0 Å². The minimum absolute atomic E-state index is 0.0757. The van der Waals surface area contributed by atoms with E-state index in [-0.39, 0.29) is 5.91 Å². The summed E-state index contributed by atoms with van der Waals surface area (Å²) in [6.45, 7) is 2.80. The molecule has 1 aliphatic carbocycles. The standard InChI is InChI=1S/C25H25N7O3/c1-34-20-7-5-19(6-8-20)30-10-12-31(13-11-30)25(33)21-15-32(16-27-21)22-9-4-18(14-26-22)24-28-23(29-35-24)17-2-3-17/h4-9,14-17H,2-3,10-13H2,1H3. The van der Waals surface area contributed by atoms with Crippen molar-refractivity contribution in [3.63, 3.8) is 0 Å². The number of carbonyl (C=O) groups excluding carboxylic acids is 1. The summed E-state index contributed by atoms with van der Waals surface area (Å²) >= 11 is 0. The largest absolute Gasteiger partial charge is 0.497 e. The molecule has 0 N–H and O–H groups in total. The number of imidazole rings is 1. The average Bonchev–Trinajstić information content (AvgIpc) is 3.44. The van der Waals surface area contributed by atoms with Gasteiger partial charge in [0.25, 0.3) is 11.8 Å². The third-order valence-corrected chi connectivity index (χ3v) is 6.45. The number of rotatable bonds is 6. The van der Waals surface area contributed by atoms with E-state index in [2.05, 4.69) is 25.0 Å². The van der Waals surface area contributed by atoms with Crippen LogP contribution in [0.3, 0.4) is 0 Å². The fourth-order valence-corrected chi connectivity index (χ4v) is 4.21. The lowest BCUT2D eigenvalue weighted by Gasteiger charge is -2.35. The third kappa shape index (κ3) is 4.34. The molecule has 178 valence electrons. The molecule has 6 rings (SSSR count). The smallest absolute Gasteiger partial charge is 0.274 e. The van der Waals surface area contributed by atoms with Crippen LogP contribution in [0.4, 0.5) is 5.69 Å². The first kappa shape index (κ1) is 21.3. The molecule has 3 aromatic heterocycles. The van der Waals surface area contributed by atoms with E-state index in [4.69, 9.17) is 9.26 Å². The average molecular weight is 472 g/mol. The zero-order chi connectivity index (χ0) is 23.8. The molecule has 2 aliphatic rings. The van der Waals surface area contributed by atoms with Gasteiger partial charge in [0, 0.05) is 50.2 Å². The number of piperazine rings is 1. The van der Waals surface area contributed by atoms with E-state index < -0.39 is 0 Å². The van der Waals surface area contributed by atoms with Crippen LogP contribution in [-0.4, -0.2) is 68.8 Å². The van der Waals surface area contributed by atoms with Crippen molar-refractivity contribution in [1.29, 1.82) is 0 Å². The summed E-state index contributed by atoms with van der Waals surface area (Å²) in [5.74, 6) is 3.10. The Labute approximate surface area is 202 Å². The Balaban J connectivity index is 1.09. The number of amides is 1. The van der Waals surface area contributed by atoms with Gasteiger partial charge in [-0.1, -0.05) is 5.16 Å². The van der Waals surface area contributed by atoms with Gasteiger partial charge in [-0.05, 0) is 49.2 Å². The molecule has 1 aliphatic heterocycles. The van der Waals surface area contributed by atoms with E-state index >= 15 is 0 Å². The maximum atomic E-state index is 13.0. The number of benzene rings is 1. The first-order chi connectivity index (χ1) is 17.2. The second-order valence-corrected chi connectivity index (χ2v) is 8.78. The van der Waals surface area contributed by atoms with Gasteiger partial charge in [0.15, 0.2) is 5.82 Å². The summed E-state index contributed by atoms with van der Waals surface area (Å²) in [4.78, 5) is 30.4. The molecule has 0 bridgehead atoms. The second-order valence-electron chi connectivity index (χ2n) is 8.78. The molecule has 1 saturated heterocycles. The van der Waals surface area contributed by atoms with Gasteiger partial charge in [-0.15, -0.1) is 0 Å². The van der Waals surface area contributed by atoms with Crippen molar-refractivity contribution in [2.75, 3.05) is 38.2 Å². The van der Waals surface area contributed by atoms with Crippen LogP contribution in [0.25, 0.3) is 17.3 Å². The summed E-state index contributed by atoms with van der Waals surface area (Å²) < 4.78 is 12.3. The molecular weight excluding hydrogens is 446 g/mol. The summed E-state index contributed by atoms with van der Waals surface area (Å²) in [6.07, 6.45) is 7.27. The number of nitrogens with zero attached hydrogens (tertiary/aromatic N) is 7. The number of carbonyl (C=O) groups is 1. The van der Waals surface area contributed by atoms with Crippen LogP contribution in [0, 0.1) is 0 Å². The Bertz CT molecular complexity index is 1320. The molecule has 10 nitrogen and oxygen atoms in total. The Hall–Kier alpha value is -4.21. The van der Waals surface area contributed by atoms with Crippen molar-refractivity contribution < 1.29 is 14.1 Å². The lowest BCUT2D eigenvalue weighted by atomic mass is 10.2. The highest BCUT2D eigenvalue weighted by Crippen LogP contribution is 2.38. The van der Waals surface area contributed by atoms with Gasteiger partial charge < -0.3 is 19.1 Å². The molecule has 0 radical (unpaired) electrons. The van der Waals surface area contributed by atoms with Crippen molar-refractivity contribution >= 4 is 11.6 Å². The fraction of sp³-hybridized carbons (Fsp3) is 0.320. The topological polar surface area (TPSA) is 102 Å². The highest BCUT2D eigenvalue weighted by Gasteiger charge is 2.29. The summed E-state index contributed by atoms with van der Waals surface area (Å²) in [5, 5.41) is 4.05. The van der Waals surface area contributed by atoms with Crippen molar-refractivity contribution in [3.8, 4) is 23.0 Å². The number of hydrogen-bond donors (Lipinski definition) is 0. The Morgan fingerprint density at radius 2 is 1.83 bits per heavy atom. The van der Waals surface area contributed by atoms with Crippen molar-refractivity contribution in [1.82, 2.24) is 29.6 Å². The SMILES string of the molecule is COc1ccc(N2CCN(C(=O)c3cn(-c4ccc(-c5nc(C6CC6)no5)cn4)cn3)CC2)cc1. The number of anilines is 1. The van der Waals surface area contributed by atoms with E-state index in [0.29, 0.717) is 36.4 Å². The molecular formula is C25H25N7O3. The quantitative estimate of drug-likeness (QED) is 0.423. The zero-order valence-electron chi connectivity index (χ0n) is 19.4. The van der Waals surface area contributed by atoms with Crippen LogP contribution < -0.4 is 9.64 Å². The van der Waals surface area contributed by atoms with Crippen molar-refractivity contribution in [2.45, 2.75) is 18.8 Å². The van der Waals surface area contributed by atoms with Crippen LogP contribution in [0.2, 0.25) is 0 Å². The van der Waals surface area contributed by atoms with E-state index in [9.17, 15) is 4.79 Å². The van der Waals surface area contributed by atoms with Gasteiger partial charge >= 0.3 is 0 Å². The van der Waals surface area contributed by atoms with Crippen LogP contribution in [0.15, 0.2) is 59.6 Å². The van der Waals surface area contributed by atoms with Gasteiger partial charge in [-0.2, -0.15) is 4.98 Å². The second kappa shape index (κ2) is 8.86. The summed E-state index contributed by atoms with van der Waals surface area (Å²) in [5.41, 5.74) is 2.29. The van der Waals surface area contributed by atoms with E-state index in [1.807, 2.05) is 41.3 Å². The highest BCUT2D eigenvalue weighted by atomic mass is 16.5. The summed E-state index contributed by atoms with van der Waals surface area (Å²) in [7, 11) is 1.66. The number of aromatic nitrogens is 5. The van der Waals surface area contributed by atoms with E-state index in [0.717, 1.165) is 48.8 Å². The van der Waals surface area contributed by atoms with E-state index in [1.165, 1.54) is 0 Å². The van der Waals surface area contributed by atoms with Gasteiger partial charge in [0.2, 0.25) is 0 Å². The number of methoxy groups -OCH3 is 1. The third-order valence-electron chi connectivity index (χ3n) is 6.45. The number of ether oxygens (including phenoxy) is 1. The molecule has 0 spiro atoms. The normalized spacial score (nSPS) is 15.9. The maximum absolute atomic E-state index is 13.0.